The molecule has 21 heavy (non-hydrogen) atoms. The minimum absolute atomic E-state index is 0.166. The Morgan fingerprint density at radius 2 is 1.81 bits per heavy atom. The van der Waals surface area contributed by atoms with Crippen molar-refractivity contribution in [1.29, 1.82) is 0 Å². The van der Waals surface area contributed by atoms with Crippen molar-refractivity contribution < 1.29 is 10.2 Å². The van der Waals surface area contributed by atoms with Crippen LogP contribution in [0.25, 0.3) is 0 Å². The van der Waals surface area contributed by atoms with Gasteiger partial charge in [0.15, 0.2) is 5.79 Å². The third kappa shape index (κ3) is 1.61. The van der Waals surface area contributed by atoms with Crippen LogP contribution in [0.4, 0.5) is 0 Å². The number of rotatable bonds is 0. The van der Waals surface area contributed by atoms with Crippen LogP contribution in [-0.2, 0) is 0 Å². The minimum Gasteiger partial charge on any atom is -0.365 e. The zero-order valence-electron chi connectivity index (χ0n) is 13.1. The Morgan fingerprint density at radius 1 is 1.05 bits per heavy atom. The van der Waals surface area contributed by atoms with Crippen LogP contribution in [-0.4, -0.2) is 16.0 Å². The molecule has 0 saturated heterocycles. The molecule has 2 heteroatoms. The summed E-state index contributed by atoms with van der Waals surface area (Å²) in [7, 11) is 0. The van der Waals surface area contributed by atoms with E-state index in [1.165, 1.54) is 12.0 Å². The second kappa shape index (κ2) is 4.11. The van der Waals surface area contributed by atoms with E-state index in [2.05, 4.69) is 38.2 Å². The number of fused-ring (bicyclic) bond motifs is 5. The average molecular weight is 286 g/mol. The van der Waals surface area contributed by atoms with Gasteiger partial charge >= 0.3 is 0 Å². The van der Waals surface area contributed by atoms with Crippen molar-refractivity contribution in [3.63, 3.8) is 0 Å². The fourth-order valence-corrected chi connectivity index (χ4v) is 5.61. The lowest BCUT2D eigenvalue weighted by Crippen LogP contribution is -2.50. The van der Waals surface area contributed by atoms with Crippen LogP contribution < -0.4 is 0 Å². The highest BCUT2D eigenvalue weighted by Crippen LogP contribution is 2.64. The first-order valence-electron chi connectivity index (χ1n) is 8.42. The Labute approximate surface area is 127 Å². The Balaban J connectivity index is 1.79. The lowest BCUT2D eigenvalue weighted by Gasteiger charge is -2.53. The molecule has 4 atom stereocenters. The standard InChI is InChI=1S/C19H26O2/c1-17-10-4-3-5-13(17)6-7-14-15(17)8-11-18(2)16(14)9-12-19(18,20)21/h4,6-7,10,15-16,20-21H,3,5,8-9,11-12H2,1-2H3/t15-,16+,17+,18+/m1/s1. The van der Waals surface area contributed by atoms with E-state index in [4.69, 9.17) is 0 Å². The van der Waals surface area contributed by atoms with Gasteiger partial charge in [0.25, 0.3) is 0 Å². The van der Waals surface area contributed by atoms with Crippen LogP contribution in [0.3, 0.4) is 0 Å². The van der Waals surface area contributed by atoms with Gasteiger partial charge in [0, 0.05) is 17.3 Å². The fraction of sp³-hybridized carbons (Fsp3) is 0.684. The second-order valence-corrected chi connectivity index (χ2v) is 8.00. The Bertz CT molecular complexity index is 568. The molecule has 2 saturated carbocycles. The third-order valence-corrected chi connectivity index (χ3v) is 7.16. The zero-order chi connectivity index (χ0) is 14.9. The van der Waals surface area contributed by atoms with Gasteiger partial charge in [-0.15, -0.1) is 0 Å². The van der Waals surface area contributed by atoms with Crippen molar-refractivity contribution in [2.24, 2.45) is 22.7 Å². The van der Waals surface area contributed by atoms with E-state index in [0.29, 0.717) is 18.3 Å². The lowest BCUT2D eigenvalue weighted by atomic mass is 9.52. The molecule has 0 aromatic heterocycles. The van der Waals surface area contributed by atoms with E-state index in [-0.39, 0.29) is 10.8 Å². The molecule has 2 fully saturated rings. The molecule has 0 aromatic carbocycles. The highest BCUT2D eigenvalue weighted by atomic mass is 16.5. The van der Waals surface area contributed by atoms with Crippen molar-refractivity contribution in [3.8, 4) is 0 Å². The predicted octanol–water partition coefficient (Wildman–Crippen LogP) is 3.72. The van der Waals surface area contributed by atoms with Gasteiger partial charge in [0.2, 0.25) is 0 Å². The number of allylic oxidation sites excluding steroid dienone is 6. The second-order valence-electron chi connectivity index (χ2n) is 8.00. The van der Waals surface area contributed by atoms with Crippen LogP contribution in [0.2, 0.25) is 0 Å². The Kier molecular flexibility index (Phi) is 2.70. The monoisotopic (exact) mass is 286 g/mol. The smallest absolute Gasteiger partial charge is 0.168 e. The van der Waals surface area contributed by atoms with E-state index in [1.54, 1.807) is 5.57 Å². The molecule has 4 aliphatic rings. The molecule has 0 unspecified atom stereocenters. The molecule has 0 spiro atoms. The molecule has 0 heterocycles. The molecule has 0 radical (unpaired) electrons. The van der Waals surface area contributed by atoms with Gasteiger partial charge in [-0.1, -0.05) is 49.3 Å². The Morgan fingerprint density at radius 3 is 2.62 bits per heavy atom. The number of hydrogen-bond donors (Lipinski definition) is 2. The first-order valence-corrected chi connectivity index (χ1v) is 8.42. The summed E-state index contributed by atoms with van der Waals surface area (Å²) in [6.07, 6.45) is 15.2. The van der Waals surface area contributed by atoms with Crippen molar-refractivity contribution in [1.82, 2.24) is 0 Å². The largest absolute Gasteiger partial charge is 0.365 e. The molecular formula is C19H26O2. The van der Waals surface area contributed by atoms with Gasteiger partial charge < -0.3 is 10.2 Å². The molecular weight excluding hydrogens is 260 g/mol. The molecule has 4 rings (SSSR count). The van der Waals surface area contributed by atoms with Crippen molar-refractivity contribution >= 4 is 0 Å². The van der Waals surface area contributed by atoms with Gasteiger partial charge in [-0.3, -0.25) is 0 Å². The number of hydrogen-bond acceptors (Lipinski definition) is 2. The first kappa shape index (κ1) is 13.8. The van der Waals surface area contributed by atoms with E-state index in [9.17, 15) is 10.2 Å². The maximum absolute atomic E-state index is 10.4. The topological polar surface area (TPSA) is 40.5 Å². The van der Waals surface area contributed by atoms with Crippen LogP contribution in [0.1, 0.15) is 52.4 Å². The normalized spacial score (nSPS) is 47.0. The summed E-state index contributed by atoms with van der Waals surface area (Å²) in [5, 5.41) is 20.9. The summed E-state index contributed by atoms with van der Waals surface area (Å²) in [5.41, 5.74) is 2.85. The van der Waals surface area contributed by atoms with Gasteiger partial charge in [0.05, 0.1) is 0 Å². The summed E-state index contributed by atoms with van der Waals surface area (Å²) in [4.78, 5) is 0. The van der Waals surface area contributed by atoms with Gasteiger partial charge in [-0.2, -0.15) is 0 Å². The molecule has 0 aliphatic heterocycles. The first-order chi connectivity index (χ1) is 9.88. The maximum Gasteiger partial charge on any atom is 0.168 e. The van der Waals surface area contributed by atoms with E-state index in [1.807, 2.05) is 0 Å². The molecule has 114 valence electrons. The Hall–Kier alpha value is -0.860. The summed E-state index contributed by atoms with van der Waals surface area (Å²) < 4.78 is 0. The SMILES string of the molecule is C[C@]12C=CCCC1=CC=C1[C@H]2CC[C@@]2(C)[C@H]1CCC2(O)O. The molecule has 0 aromatic rings. The molecule has 2 N–H and O–H groups in total. The maximum atomic E-state index is 10.4. The summed E-state index contributed by atoms with van der Waals surface area (Å²) in [5.74, 6) is -0.603. The highest BCUT2D eigenvalue weighted by molar-refractivity contribution is 5.42. The minimum atomic E-state index is -1.49. The van der Waals surface area contributed by atoms with E-state index in [0.717, 1.165) is 25.7 Å². The summed E-state index contributed by atoms with van der Waals surface area (Å²) >= 11 is 0. The fourth-order valence-electron chi connectivity index (χ4n) is 5.61. The number of aliphatic hydroxyl groups is 2. The van der Waals surface area contributed by atoms with Gasteiger partial charge in [0.1, 0.15) is 0 Å². The molecule has 0 amide bonds. The molecule has 0 bridgehead atoms. The van der Waals surface area contributed by atoms with Crippen molar-refractivity contribution in [2.45, 2.75) is 58.2 Å². The average Bonchev–Trinajstić information content (AvgIpc) is 2.69. The van der Waals surface area contributed by atoms with E-state index >= 15 is 0 Å². The zero-order valence-corrected chi connectivity index (χ0v) is 13.1. The predicted molar refractivity (Wildman–Crippen MR) is 83.4 cm³/mol. The van der Waals surface area contributed by atoms with Crippen molar-refractivity contribution in [3.05, 3.63) is 35.5 Å². The van der Waals surface area contributed by atoms with Crippen LogP contribution in [0, 0.1) is 22.7 Å². The molecule has 4 aliphatic carbocycles. The van der Waals surface area contributed by atoms with E-state index < -0.39 is 5.79 Å². The third-order valence-electron chi connectivity index (χ3n) is 7.16. The van der Waals surface area contributed by atoms with Crippen LogP contribution in [0.5, 0.6) is 0 Å². The van der Waals surface area contributed by atoms with Gasteiger partial charge in [-0.05, 0) is 43.9 Å². The summed E-state index contributed by atoms with van der Waals surface area (Å²) in [6, 6.07) is 0. The summed E-state index contributed by atoms with van der Waals surface area (Å²) in [6.45, 7) is 4.47. The van der Waals surface area contributed by atoms with Crippen LogP contribution in [0.15, 0.2) is 35.5 Å². The lowest BCUT2D eigenvalue weighted by molar-refractivity contribution is -0.234. The quantitative estimate of drug-likeness (QED) is 0.526. The van der Waals surface area contributed by atoms with Crippen LogP contribution >= 0.6 is 0 Å². The molecule has 2 nitrogen and oxygen atoms in total. The highest BCUT2D eigenvalue weighted by Gasteiger charge is 2.61. The van der Waals surface area contributed by atoms with Crippen molar-refractivity contribution in [2.75, 3.05) is 0 Å². The van der Waals surface area contributed by atoms with Gasteiger partial charge in [-0.25, -0.2) is 0 Å².